The number of piperazine rings is 3. The number of nitrogens with one attached hydrogen (secondary N) is 7. The fraction of sp³-hybridized carbons (Fsp3) is 0.386. The summed E-state index contributed by atoms with van der Waals surface area (Å²) in [5, 5.41) is 43.9. The summed E-state index contributed by atoms with van der Waals surface area (Å²) in [6, 6.07) is 15.8. The van der Waals surface area contributed by atoms with E-state index < -0.39 is 58.9 Å². The number of primary amides is 1. The second kappa shape index (κ2) is 26.1. The summed E-state index contributed by atoms with van der Waals surface area (Å²) < 4.78 is 138. The number of fused-ring (bicyclic) bond motifs is 3. The molecule has 478 valence electrons. The number of hydrogen-bond donors (Lipinski definition) is 9. The van der Waals surface area contributed by atoms with E-state index in [0.29, 0.717) is 102 Å². The minimum atomic E-state index is -4.81. The van der Waals surface area contributed by atoms with Crippen molar-refractivity contribution in [3.63, 3.8) is 0 Å². The van der Waals surface area contributed by atoms with Crippen LogP contribution in [0.15, 0.2) is 91.4 Å². The predicted molar refractivity (Wildman–Crippen MR) is 314 cm³/mol. The number of hydrogen-bond acceptors (Lipinski definition) is 18. The number of nitrogens with zero attached hydrogens (tertiary/aromatic N) is 12. The van der Waals surface area contributed by atoms with Crippen LogP contribution in [0.25, 0.3) is 67.3 Å². The van der Waals surface area contributed by atoms with Crippen molar-refractivity contribution in [1.29, 1.82) is 0 Å². The fourth-order valence-electron chi connectivity index (χ4n) is 11.1. The number of aromatic amines is 3. The van der Waals surface area contributed by atoms with Crippen LogP contribution in [-0.2, 0) is 21.9 Å². The molecule has 3 fully saturated rings. The average molecular weight is 1270 g/mol. The summed E-state index contributed by atoms with van der Waals surface area (Å²) in [5.41, 5.74) is 1.86. The van der Waals surface area contributed by atoms with Crippen molar-refractivity contribution in [2.45, 2.75) is 68.9 Å². The molecule has 0 spiro atoms. The van der Waals surface area contributed by atoms with Gasteiger partial charge in [0.05, 0.1) is 34.3 Å². The van der Waals surface area contributed by atoms with Crippen LogP contribution in [0, 0.1) is 11.7 Å². The zero-order valence-corrected chi connectivity index (χ0v) is 48.2. The first-order valence-electron chi connectivity index (χ1n) is 28.3. The van der Waals surface area contributed by atoms with Crippen LogP contribution in [0.5, 0.6) is 0 Å². The summed E-state index contributed by atoms with van der Waals surface area (Å²) >= 11 is 0. The number of rotatable bonds is 12. The van der Waals surface area contributed by atoms with Crippen molar-refractivity contribution < 1.29 is 60.0 Å². The van der Waals surface area contributed by atoms with Gasteiger partial charge in [-0.15, -0.1) is 0 Å². The van der Waals surface area contributed by atoms with Crippen molar-refractivity contribution in [3.05, 3.63) is 108 Å². The standard InChI is InChI=1S/C20H22F4N6O.C19H20F3N7O.C18H18F3N7O.H2/c1-11(2)19(31,20(22,23)24)14-10-30(9-8-25-14)15-6-5-13(21)17(27-15)16-12-4-3-7-26-18(12)29-28-16;1-23-15(30)9-11-10-29(8-7-24-11)14-5-4-13(19(20,21)22)17(26-14)16-12-3-2-6-25-18(12)28-27-16;19-18(20,21)12-3-4-14(28-7-6-23-10(9-28)8-13(22)29)25-16(12)15-11-2-1-5-24-17(11)27-26-15;/h3-7,11,14,25,31H,8-10H2,1-2H3,(H,26,28,29);2-6,11,24H,7-10H2,1H3,(H,23,30)(H,25,27,28);1-5,10,23H,6-9H2,(H2,22,29)(H,24,26,27);1H. The van der Waals surface area contributed by atoms with Gasteiger partial charge < -0.3 is 46.8 Å². The number of H-pyrrole nitrogens is 3. The zero-order chi connectivity index (χ0) is 64.3. The molecule has 0 aromatic carbocycles. The summed E-state index contributed by atoms with van der Waals surface area (Å²) in [6.45, 7) is 6.21. The van der Waals surface area contributed by atoms with Crippen LogP contribution >= 0.6 is 0 Å². The Bertz CT molecular complexity index is 4010. The summed E-state index contributed by atoms with van der Waals surface area (Å²) in [6.07, 6.45) is -8.96. The number of nitrogens with two attached hydrogens (primary N) is 1. The Morgan fingerprint density at radius 3 is 1.41 bits per heavy atom. The molecule has 4 unspecified atom stereocenters. The zero-order valence-electron chi connectivity index (χ0n) is 48.2. The highest BCUT2D eigenvalue weighted by Gasteiger charge is 2.61. The number of amides is 2. The molecular weight excluding hydrogens is 1200 g/mol. The second-order valence-corrected chi connectivity index (χ2v) is 21.7. The van der Waals surface area contributed by atoms with E-state index in [0.717, 1.165) is 12.1 Å². The minimum absolute atomic E-state index is 0. The van der Waals surface area contributed by atoms with E-state index in [4.69, 9.17) is 5.73 Å². The van der Waals surface area contributed by atoms with Gasteiger partial charge in [-0.3, -0.25) is 24.9 Å². The molecule has 3 aliphatic heterocycles. The molecule has 3 saturated heterocycles. The molecule has 4 atom stereocenters. The normalized spacial score (nSPS) is 18.3. The van der Waals surface area contributed by atoms with Gasteiger partial charge in [0.15, 0.2) is 28.4 Å². The minimum Gasteiger partial charge on any atom is -0.379 e. The van der Waals surface area contributed by atoms with Gasteiger partial charge in [0, 0.05) is 127 Å². The number of pyridine rings is 6. The summed E-state index contributed by atoms with van der Waals surface area (Å²) in [5.74, 6) is -1.11. The number of anilines is 3. The van der Waals surface area contributed by atoms with Crippen LogP contribution < -0.4 is 41.7 Å². The second-order valence-electron chi connectivity index (χ2n) is 21.7. The number of carbonyl (C=O) groups excluding carboxylic acids is 2. The highest BCUT2D eigenvalue weighted by molar-refractivity contribution is 5.92. The topological polar surface area (TPSA) is 302 Å². The first kappa shape index (κ1) is 63.8. The Labute approximate surface area is 506 Å². The van der Waals surface area contributed by atoms with E-state index in [2.05, 4.69) is 81.8 Å². The molecular formula is C57H62F10N20O3. The Hall–Kier alpha value is -9.21. The van der Waals surface area contributed by atoms with E-state index in [-0.39, 0.29) is 73.8 Å². The third-order valence-electron chi connectivity index (χ3n) is 15.6. The summed E-state index contributed by atoms with van der Waals surface area (Å²) in [7, 11) is 1.57. The molecule has 0 radical (unpaired) electrons. The highest BCUT2D eigenvalue weighted by Crippen LogP contribution is 2.42. The van der Waals surface area contributed by atoms with Gasteiger partial charge >= 0.3 is 18.5 Å². The number of halogens is 10. The lowest BCUT2D eigenvalue weighted by Crippen LogP contribution is -2.69. The molecule has 90 heavy (non-hydrogen) atoms. The van der Waals surface area contributed by atoms with Crippen LogP contribution in [0.2, 0.25) is 0 Å². The molecule has 0 saturated carbocycles. The van der Waals surface area contributed by atoms with E-state index in [1.54, 1.807) is 54.5 Å². The molecule has 12 rings (SSSR count). The van der Waals surface area contributed by atoms with Crippen LogP contribution in [0.1, 0.15) is 39.2 Å². The van der Waals surface area contributed by atoms with Gasteiger partial charge in [-0.25, -0.2) is 34.3 Å². The Balaban J connectivity index is 0.000000161. The Kier molecular flexibility index (Phi) is 18.5. The molecule has 3 aliphatic rings. The van der Waals surface area contributed by atoms with E-state index >= 15 is 0 Å². The molecule has 9 aromatic rings. The van der Waals surface area contributed by atoms with Gasteiger partial charge in [0.2, 0.25) is 11.8 Å². The maximum atomic E-state index is 14.6. The Morgan fingerprint density at radius 2 is 1.00 bits per heavy atom. The third-order valence-corrected chi connectivity index (χ3v) is 15.6. The summed E-state index contributed by atoms with van der Waals surface area (Å²) in [4.78, 5) is 53.5. The van der Waals surface area contributed by atoms with Gasteiger partial charge in [0.1, 0.15) is 34.5 Å². The molecule has 33 heteroatoms. The first-order valence-corrected chi connectivity index (χ1v) is 28.3. The van der Waals surface area contributed by atoms with Gasteiger partial charge in [0.25, 0.3) is 0 Å². The van der Waals surface area contributed by atoms with E-state index in [9.17, 15) is 58.6 Å². The lowest BCUT2D eigenvalue weighted by Gasteiger charge is -2.45. The van der Waals surface area contributed by atoms with Crippen molar-refractivity contribution >= 4 is 62.4 Å². The fourth-order valence-corrected chi connectivity index (χ4v) is 11.1. The molecule has 0 aliphatic carbocycles. The van der Waals surface area contributed by atoms with Crippen molar-refractivity contribution in [1.82, 2.24) is 81.8 Å². The number of aliphatic hydroxyl groups is 1. The number of carbonyl (C=O) groups is 2. The predicted octanol–water partition coefficient (Wildman–Crippen LogP) is 6.78. The van der Waals surface area contributed by atoms with Crippen molar-refractivity contribution in [2.24, 2.45) is 11.7 Å². The largest absolute Gasteiger partial charge is 0.419 e. The molecule has 23 nitrogen and oxygen atoms in total. The quantitative estimate of drug-likeness (QED) is 0.0570. The SMILES string of the molecule is CC(C)C(O)(C1CN(c2ccc(F)c(-c3[nH]nc4ncccc34)n2)CCN1)C(F)(F)F.CNC(=O)CC1CN(c2ccc(C(F)(F)F)c(-c3[nH]nc4ncccc34)n2)CCN1.NC(=O)CC1CN(c2ccc(C(F)(F)F)c(-c3[nH]nc4ncccc34)n2)CCN1.[HH]. The van der Waals surface area contributed by atoms with E-state index in [1.807, 2.05) is 9.80 Å². The molecule has 9 aromatic heterocycles. The van der Waals surface area contributed by atoms with Gasteiger partial charge in [-0.1, -0.05) is 13.8 Å². The molecule has 12 heterocycles. The molecule has 2 amide bonds. The molecule has 0 bridgehead atoms. The number of aromatic nitrogens is 12. The average Bonchev–Trinajstić information content (AvgIpc) is 1.44. The van der Waals surface area contributed by atoms with Crippen molar-refractivity contribution in [2.75, 3.05) is 80.7 Å². The number of alkyl halides is 9. The maximum Gasteiger partial charge on any atom is 0.419 e. The Morgan fingerprint density at radius 1 is 0.600 bits per heavy atom. The lowest BCUT2D eigenvalue weighted by atomic mass is 9.81. The highest BCUT2D eigenvalue weighted by atomic mass is 19.4. The lowest BCUT2D eigenvalue weighted by molar-refractivity contribution is -0.286. The van der Waals surface area contributed by atoms with E-state index in [1.165, 1.54) is 50.5 Å². The monoisotopic (exact) mass is 1260 g/mol. The first-order chi connectivity index (χ1) is 42.8. The molecule has 10 N–H and O–H groups in total. The van der Waals surface area contributed by atoms with Gasteiger partial charge in [-0.05, 0) is 78.7 Å². The van der Waals surface area contributed by atoms with Crippen molar-refractivity contribution in [3.8, 4) is 34.2 Å². The third kappa shape index (κ3) is 13.7. The smallest absolute Gasteiger partial charge is 0.379 e. The van der Waals surface area contributed by atoms with Crippen LogP contribution in [0.4, 0.5) is 61.4 Å². The maximum absolute atomic E-state index is 14.6. The van der Waals surface area contributed by atoms with Crippen LogP contribution in [0.3, 0.4) is 0 Å². The van der Waals surface area contributed by atoms with Crippen LogP contribution in [-0.4, -0.2) is 173 Å². The van der Waals surface area contributed by atoms with Gasteiger partial charge in [-0.2, -0.15) is 54.8 Å².